The first-order valence-electron chi connectivity index (χ1n) is 10.1. The van der Waals surface area contributed by atoms with Crippen LogP contribution in [-0.2, 0) is 14.4 Å². The maximum Gasteiger partial charge on any atom is 0.255 e. The Morgan fingerprint density at radius 1 is 1.12 bits per heavy atom. The van der Waals surface area contributed by atoms with E-state index in [2.05, 4.69) is 0 Å². The number of aromatic hydroxyl groups is 1. The monoisotopic (exact) mass is 460 g/mol. The predicted octanol–water partition coefficient (Wildman–Crippen LogP) is -1.18. The van der Waals surface area contributed by atoms with E-state index in [1.807, 2.05) is 0 Å². The molecule has 0 bridgehead atoms. The number of phenols is 1. The van der Waals surface area contributed by atoms with Gasteiger partial charge in [-0.3, -0.25) is 19.3 Å². The second-order valence-corrected chi connectivity index (χ2v) is 9.08. The molecule has 0 aliphatic heterocycles. The Balaban J connectivity index is 2.12. The molecule has 6 atom stereocenters. The van der Waals surface area contributed by atoms with Gasteiger partial charge in [0, 0.05) is 0 Å². The number of nitrogens with two attached hydrogens (primary N) is 1. The van der Waals surface area contributed by atoms with E-state index in [0.29, 0.717) is 0 Å². The quantitative estimate of drug-likeness (QED) is 0.263. The van der Waals surface area contributed by atoms with Crippen LogP contribution in [0.25, 0.3) is 5.76 Å². The number of hydrogen-bond donors (Lipinski definition) is 7. The number of amides is 1. The van der Waals surface area contributed by atoms with Crippen molar-refractivity contribution < 1.29 is 45.0 Å². The van der Waals surface area contributed by atoms with Gasteiger partial charge in [-0.25, -0.2) is 0 Å². The van der Waals surface area contributed by atoms with Gasteiger partial charge in [-0.05, 0) is 32.6 Å². The Morgan fingerprint density at radius 2 is 1.73 bits per heavy atom. The van der Waals surface area contributed by atoms with E-state index in [-0.39, 0.29) is 11.1 Å². The van der Waals surface area contributed by atoms with Crippen LogP contribution < -0.4 is 5.73 Å². The lowest BCUT2D eigenvalue weighted by molar-refractivity contribution is -0.187. The number of aliphatic hydroxyl groups is 5. The van der Waals surface area contributed by atoms with Gasteiger partial charge in [0.25, 0.3) is 5.91 Å². The molecule has 3 aliphatic carbocycles. The Kier molecular flexibility index (Phi) is 4.78. The maximum atomic E-state index is 13.7. The highest BCUT2D eigenvalue weighted by atomic mass is 16.4. The van der Waals surface area contributed by atoms with Crippen molar-refractivity contribution in [2.24, 2.45) is 17.1 Å². The molecular weight excluding hydrogens is 436 g/mol. The first-order chi connectivity index (χ1) is 15.2. The predicted molar refractivity (Wildman–Crippen MR) is 112 cm³/mol. The third-order valence-corrected chi connectivity index (χ3v) is 7.22. The zero-order valence-corrected chi connectivity index (χ0v) is 18.0. The van der Waals surface area contributed by atoms with Crippen molar-refractivity contribution in [1.82, 2.24) is 4.90 Å². The van der Waals surface area contributed by atoms with E-state index < -0.39 is 81.1 Å². The highest BCUT2D eigenvalue weighted by Crippen LogP contribution is 2.61. The lowest BCUT2D eigenvalue weighted by atomic mass is 9.50. The molecule has 0 aromatic heterocycles. The number of carbonyl (C=O) groups is 3. The van der Waals surface area contributed by atoms with E-state index >= 15 is 0 Å². The SMILES string of the molecule is CN(C)[C@H]1C(=O)C(C(N)=O)=C(O)[C@]2(O)C(=O)C3=C(O)c4c(O)cccc4[C@@H](O)[C@]3(C)[C@@H](O)[C@H]12. The van der Waals surface area contributed by atoms with Crippen LogP contribution in [0, 0.1) is 11.3 Å². The first kappa shape index (κ1) is 22.9. The maximum absolute atomic E-state index is 13.7. The normalized spacial score (nSPS) is 36.0. The number of aliphatic hydroxyl groups excluding tert-OH is 4. The summed E-state index contributed by atoms with van der Waals surface area (Å²) in [6.45, 7) is 1.26. The van der Waals surface area contributed by atoms with Crippen LogP contribution in [0.4, 0.5) is 0 Å². The van der Waals surface area contributed by atoms with Gasteiger partial charge in [-0.1, -0.05) is 12.1 Å². The van der Waals surface area contributed by atoms with Crippen molar-refractivity contribution in [3.05, 3.63) is 46.2 Å². The number of likely N-dealkylation sites (N-methyl/N-ethyl adjacent to an activating group) is 1. The third kappa shape index (κ3) is 2.50. The van der Waals surface area contributed by atoms with Crippen LogP contribution >= 0.6 is 0 Å². The summed E-state index contributed by atoms with van der Waals surface area (Å²) in [6.07, 6.45) is -3.55. The molecule has 1 fully saturated rings. The zero-order chi connectivity index (χ0) is 24.8. The lowest BCUT2D eigenvalue weighted by Crippen LogP contribution is -2.72. The molecule has 8 N–H and O–H groups in total. The number of fused-ring (bicyclic) bond motifs is 3. The molecule has 11 nitrogen and oxygen atoms in total. The third-order valence-electron chi connectivity index (χ3n) is 7.22. The summed E-state index contributed by atoms with van der Waals surface area (Å²) in [5.41, 5.74) is -1.69. The van der Waals surface area contributed by atoms with Crippen LogP contribution in [-0.4, -0.2) is 84.9 Å². The van der Waals surface area contributed by atoms with Gasteiger partial charge in [0.05, 0.1) is 40.7 Å². The molecule has 176 valence electrons. The molecule has 0 heterocycles. The molecule has 1 aromatic carbocycles. The Labute approximate surface area is 187 Å². The molecule has 11 heteroatoms. The van der Waals surface area contributed by atoms with Crippen molar-refractivity contribution in [2.45, 2.75) is 30.8 Å². The fourth-order valence-corrected chi connectivity index (χ4v) is 5.57. The van der Waals surface area contributed by atoms with Crippen molar-refractivity contribution in [3.63, 3.8) is 0 Å². The molecule has 4 rings (SSSR count). The molecule has 3 aliphatic rings. The summed E-state index contributed by atoms with van der Waals surface area (Å²) in [5, 5.41) is 66.3. The number of phenolic OH excluding ortho intramolecular Hbond substituents is 1. The lowest BCUT2D eigenvalue weighted by Gasteiger charge is -2.57. The molecular formula is C22H24N2O9. The number of ketones is 2. The number of carbonyl (C=O) groups excluding carboxylic acids is 3. The molecule has 33 heavy (non-hydrogen) atoms. The van der Waals surface area contributed by atoms with Crippen LogP contribution in [0.2, 0.25) is 0 Å². The molecule has 0 spiro atoms. The van der Waals surface area contributed by atoms with Crippen LogP contribution in [0.15, 0.2) is 35.1 Å². The average Bonchev–Trinajstić information content (AvgIpc) is 2.72. The Morgan fingerprint density at radius 3 is 2.27 bits per heavy atom. The van der Waals surface area contributed by atoms with E-state index in [4.69, 9.17) is 5.73 Å². The Hall–Kier alpha value is -3.25. The molecule has 0 radical (unpaired) electrons. The molecule has 0 unspecified atom stereocenters. The topological polar surface area (TPSA) is 202 Å². The number of hydrogen-bond acceptors (Lipinski definition) is 10. The summed E-state index contributed by atoms with van der Waals surface area (Å²) >= 11 is 0. The Bertz CT molecular complexity index is 1190. The summed E-state index contributed by atoms with van der Waals surface area (Å²) in [5.74, 6) is -8.14. The summed E-state index contributed by atoms with van der Waals surface area (Å²) in [6, 6.07) is 2.49. The van der Waals surface area contributed by atoms with Crippen molar-refractivity contribution in [1.29, 1.82) is 0 Å². The number of primary amides is 1. The number of Topliss-reactive ketones (excluding diaryl/α,β-unsaturated/α-hetero) is 2. The van der Waals surface area contributed by atoms with Crippen molar-refractivity contribution in [3.8, 4) is 5.75 Å². The number of nitrogens with zero attached hydrogens (tertiary/aromatic N) is 1. The molecule has 1 amide bonds. The summed E-state index contributed by atoms with van der Waals surface area (Å²) in [7, 11) is 2.80. The minimum atomic E-state index is -3.03. The fraction of sp³-hybridized carbons (Fsp3) is 0.409. The van der Waals surface area contributed by atoms with E-state index in [1.54, 1.807) is 0 Å². The summed E-state index contributed by atoms with van der Waals surface area (Å²) in [4.78, 5) is 40.0. The number of benzene rings is 1. The van der Waals surface area contributed by atoms with Gasteiger partial charge >= 0.3 is 0 Å². The van der Waals surface area contributed by atoms with Crippen LogP contribution in [0.5, 0.6) is 5.75 Å². The van der Waals surface area contributed by atoms with Gasteiger partial charge in [0.2, 0.25) is 5.78 Å². The smallest absolute Gasteiger partial charge is 0.255 e. The van der Waals surface area contributed by atoms with Crippen LogP contribution in [0.3, 0.4) is 0 Å². The van der Waals surface area contributed by atoms with Gasteiger partial charge in [-0.2, -0.15) is 0 Å². The minimum Gasteiger partial charge on any atom is -0.508 e. The van der Waals surface area contributed by atoms with E-state index in [0.717, 1.165) is 0 Å². The minimum absolute atomic E-state index is 0.0113. The second kappa shape index (κ2) is 6.87. The zero-order valence-electron chi connectivity index (χ0n) is 18.0. The van der Waals surface area contributed by atoms with Gasteiger partial charge in [0.15, 0.2) is 11.4 Å². The van der Waals surface area contributed by atoms with E-state index in [9.17, 15) is 45.0 Å². The van der Waals surface area contributed by atoms with Gasteiger partial charge in [-0.15, -0.1) is 0 Å². The fourth-order valence-electron chi connectivity index (χ4n) is 5.57. The highest BCUT2D eigenvalue weighted by Gasteiger charge is 2.72. The number of rotatable bonds is 2. The second-order valence-electron chi connectivity index (χ2n) is 9.08. The van der Waals surface area contributed by atoms with Crippen molar-refractivity contribution in [2.75, 3.05) is 14.1 Å². The first-order valence-corrected chi connectivity index (χ1v) is 10.1. The summed E-state index contributed by atoms with van der Waals surface area (Å²) < 4.78 is 0. The largest absolute Gasteiger partial charge is 0.508 e. The standard InChI is InChI=1S/C22H24N2O9/c1-21-12(14(26)9-7(16(21)28)5-4-6-8(9)25)19(31)22(33)11(18(21)30)13(24(2)3)15(27)10(17(22)29)20(23)32/h4-6,11,13,16,18,25-26,28-30,33H,1-3H3,(H2,23,32)/t11-,13+,16+,18-,21+,22-/m0/s1. The van der Waals surface area contributed by atoms with E-state index in [1.165, 1.54) is 44.1 Å². The highest BCUT2D eigenvalue weighted by molar-refractivity contribution is 6.24. The molecule has 1 saturated carbocycles. The molecule has 0 saturated heterocycles. The average molecular weight is 460 g/mol. The molecule has 1 aromatic rings. The van der Waals surface area contributed by atoms with Gasteiger partial charge < -0.3 is 36.4 Å². The van der Waals surface area contributed by atoms with Gasteiger partial charge in [0.1, 0.15) is 22.8 Å². The van der Waals surface area contributed by atoms with Crippen LogP contribution in [0.1, 0.15) is 24.2 Å². The van der Waals surface area contributed by atoms with Crippen molar-refractivity contribution >= 4 is 23.2 Å².